The molecule has 0 radical (unpaired) electrons. The van der Waals surface area contributed by atoms with Gasteiger partial charge in [0, 0.05) is 29.6 Å². The molecule has 2 aliphatic rings. The molecule has 0 spiro atoms. The fourth-order valence-corrected chi connectivity index (χ4v) is 2.66. The van der Waals surface area contributed by atoms with Gasteiger partial charge in [-0.15, -0.1) is 0 Å². The van der Waals surface area contributed by atoms with E-state index >= 15 is 0 Å². The Kier molecular flexibility index (Phi) is 4.37. The summed E-state index contributed by atoms with van der Waals surface area (Å²) < 4.78 is 16.5. The zero-order valence-corrected chi connectivity index (χ0v) is 13.3. The van der Waals surface area contributed by atoms with Gasteiger partial charge < -0.3 is 24.4 Å². The minimum atomic E-state index is -0.367. The van der Waals surface area contributed by atoms with Gasteiger partial charge in [0.15, 0.2) is 11.5 Å². The largest absolute Gasteiger partial charge is 0.486 e. The number of nitrogens with one attached hydrogen (secondary N) is 1. The van der Waals surface area contributed by atoms with Crippen molar-refractivity contribution in [2.24, 2.45) is 0 Å². The van der Waals surface area contributed by atoms with Crippen molar-refractivity contribution in [2.45, 2.75) is 6.42 Å². The molecule has 1 saturated heterocycles. The highest BCUT2D eigenvalue weighted by atomic mass is 79.9. The number of hydrogen-bond donors (Lipinski definition) is 1. The predicted octanol–water partition coefficient (Wildman–Crippen LogP) is 2.00. The van der Waals surface area contributed by atoms with Crippen molar-refractivity contribution in [2.75, 3.05) is 38.2 Å². The number of carbonyl (C=O) groups excluding carboxylic acids is 2. The number of anilines is 1. The van der Waals surface area contributed by atoms with E-state index in [1.807, 2.05) is 0 Å². The van der Waals surface area contributed by atoms with Crippen LogP contribution < -0.4 is 14.8 Å². The van der Waals surface area contributed by atoms with Gasteiger partial charge in [-0.25, -0.2) is 4.79 Å². The molecule has 0 atom stereocenters. The lowest BCUT2D eigenvalue weighted by Gasteiger charge is -2.20. The summed E-state index contributed by atoms with van der Waals surface area (Å²) in [5.74, 6) is 1.07. The molecule has 0 bridgehead atoms. The van der Waals surface area contributed by atoms with E-state index in [1.165, 1.54) is 4.90 Å². The van der Waals surface area contributed by atoms with Gasteiger partial charge in [0.25, 0.3) is 0 Å². The molecular weight excluding hydrogens is 356 g/mol. The van der Waals surface area contributed by atoms with Gasteiger partial charge in [0.2, 0.25) is 5.91 Å². The van der Waals surface area contributed by atoms with Gasteiger partial charge in [-0.2, -0.15) is 0 Å². The number of amides is 2. The molecule has 3 rings (SSSR count). The number of nitrogens with zero attached hydrogens (tertiary/aromatic N) is 1. The number of benzene rings is 1. The first-order valence-corrected chi connectivity index (χ1v) is 7.73. The summed E-state index contributed by atoms with van der Waals surface area (Å²) in [5.41, 5.74) is 0.609. The zero-order valence-electron chi connectivity index (χ0n) is 11.8. The van der Waals surface area contributed by atoms with E-state index in [0.29, 0.717) is 54.6 Å². The Morgan fingerprint density at radius 2 is 1.91 bits per heavy atom. The summed E-state index contributed by atoms with van der Waals surface area (Å²) in [4.78, 5) is 24.8. The number of ether oxygens (including phenoxy) is 3. The predicted molar refractivity (Wildman–Crippen MR) is 81.3 cm³/mol. The van der Waals surface area contributed by atoms with Crippen molar-refractivity contribution in [3.63, 3.8) is 0 Å². The summed E-state index contributed by atoms with van der Waals surface area (Å²) in [5, 5.41) is 2.80. The lowest BCUT2D eigenvalue weighted by Crippen LogP contribution is -2.28. The van der Waals surface area contributed by atoms with E-state index in [4.69, 9.17) is 14.2 Å². The van der Waals surface area contributed by atoms with Crippen LogP contribution in [0.15, 0.2) is 16.6 Å². The number of fused-ring (bicyclic) bond motifs is 1. The van der Waals surface area contributed by atoms with Gasteiger partial charge in [-0.1, -0.05) is 0 Å². The number of hydrogen-bond acceptors (Lipinski definition) is 5. The number of rotatable bonds is 4. The van der Waals surface area contributed by atoms with E-state index in [-0.39, 0.29) is 18.4 Å². The van der Waals surface area contributed by atoms with Gasteiger partial charge in [-0.05, 0) is 15.9 Å². The third-order valence-corrected chi connectivity index (χ3v) is 4.02. The van der Waals surface area contributed by atoms with Crippen LogP contribution in [0, 0.1) is 0 Å². The quantitative estimate of drug-likeness (QED) is 0.876. The third kappa shape index (κ3) is 3.27. The van der Waals surface area contributed by atoms with Crippen molar-refractivity contribution in [3.8, 4) is 11.5 Å². The van der Waals surface area contributed by atoms with Crippen LogP contribution in [0.4, 0.5) is 10.5 Å². The van der Waals surface area contributed by atoms with Crippen molar-refractivity contribution in [1.82, 2.24) is 4.90 Å². The molecule has 1 aromatic rings. The van der Waals surface area contributed by atoms with Crippen LogP contribution in [0.2, 0.25) is 0 Å². The van der Waals surface area contributed by atoms with Crippen LogP contribution in [-0.4, -0.2) is 49.8 Å². The van der Waals surface area contributed by atoms with Crippen LogP contribution in [0.3, 0.4) is 0 Å². The highest BCUT2D eigenvalue weighted by Gasteiger charge is 2.22. The summed E-state index contributed by atoms with van der Waals surface area (Å²) in [6.45, 7) is 2.25. The smallest absolute Gasteiger partial charge is 0.409 e. The molecule has 22 heavy (non-hydrogen) atoms. The second kappa shape index (κ2) is 6.43. The van der Waals surface area contributed by atoms with Crippen molar-refractivity contribution in [1.29, 1.82) is 0 Å². The van der Waals surface area contributed by atoms with Gasteiger partial charge in [0.1, 0.15) is 19.8 Å². The van der Waals surface area contributed by atoms with Crippen LogP contribution in [-0.2, 0) is 9.53 Å². The van der Waals surface area contributed by atoms with Crippen molar-refractivity contribution >= 4 is 33.6 Å². The van der Waals surface area contributed by atoms with E-state index < -0.39 is 0 Å². The maximum atomic E-state index is 12.0. The number of halogens is 1. The summed E-state index contributed by atoms with van der Waals surface area (Å²) in [7, 11) is 0. The van der Waals surface area contributed by atoms with E-state index in [1.54, 1.807) is 12.1 Å². The molecule has 0 aromatic heterocycles. The van der Waals surface area contributed by atoms with E-state index in [0.717, 1.165) is 0 Å². The molecular formula is C14H15BrN2O5. The van der Waals surface area contributed by atoms with E-state index in [2.05, 4.69) is 21.2 Å². The van der Waals surface area contributed by atoms with Crippen LogP contribution >= 0.6 is 15.9 Å². The second-order valence-electron chi connectivity index (χ2n) is 4.88. The SMILES string of the molecule is O=C(CCN1CCOC1=O)Nc1cc2c(cc1Br)OCCO2. The molecule has 0 saturated carbocycles. The minimum absolute atomic E-state index is 0.183. The Hall–Kier alpha value is -1.96. The van der Waals surface area contributed by atoms with Crippen LogP contribution in [0.25, 0.3) is 0 Å². The zero-order chi connectivity index (χ0) is 15.5. The third-order valence-electron chi connectivity index (χ3n) is 3.36. The first kappa shape index (κ1) is 15.0. The monoisotopic (exact) mass is 370 g/mol. The van der Waals surface area contributed by atoms with Crippen LogP contribution in [0.1, 0.15) is 6.42 Å². The van der Waals surface area contributed by atoms with Crippen LogP contribution in [0.5, 0.6) is 11.5 Å². The first-order chi connectivity index (χ1) is 10.6. The average molecular weight is 371 g/mol. The molecule has 8 heteroatoms. The average Bonchev–Trinajstić information content (AvgIpc) is 2.91. The minimum Gasteiger partial charge on any atom is -0.486 e. The molecule has 2 heterocycles. The molecule has 1 fully saturated rings. The molecule has 7 nitrogen and oxygen atoms in total. The number of cyclic esters (lactones) is 1. The maximum absolute atomic E-state index is 12.0. The summed E-state index contributed by atoms with van der Waals surface area (Å²) >= 11 is 3.40. The maximum Gasteiger partial charge on any atom is 0.409 e. The molecule has 0 unspecified atom stereocenters. The molecule has 118 valence electrons. The van der Waals surface area contributed by atoms with E-state index in [9.17, 15) is 9.59 Å². The summed E-state index contributed by atoms with van der Waals surface area (Å²) in [6.07, 6.45) is -0.163. The van der Waals surface area contributed by atoms with Crippen molar-refractivity contribution < 1.29 is 23.8 Å². The molecule has 1 aromatic carbocycles. The Labute approximate surface area is 135 Å². The Morgan fingerprint density at radius 1 is 1.18 bits per heavy atom. The Balaban J connectivity index is 1.60. The van der Waals surface area contributed by atoms with Gasteiger partial charge >= 0.3 is 6.09 Å². The topological polar surface area (TPSA) is 77.1 Å². The normalized spacial score (nSPS) is 16.4. The van der Waals surface area contributed by atoms with Gasteiger partial charge in [-0.3, -0.25) is 4.79 Å². The highest BCUT2D eigenvalue weighted by molar-refractivity contribution is 9.10. The molecule has 2 aliphatic heterocycles. The number of carbonyl (C=O) groups is 2. The standard InChI is InChI=1S/C14H15BrN2O5/c15-9-7-11-12(21-6-5-20-11)8-10(9)16-13(18)1-2-17-3-4-22-14(17)19/h7-8H,1-6H2,(H,16,18). The first-order valence-electron chi connectivity index (χ1n) is 6.94. The lowest BCUT2D eigenvalue weighted by molar-refractivity contribution is -0.116. The summed E-state index contributed by atoms with van der Waals surface area (Å²) in [6, 6.07) is 3.49. The molecule has 2 amide bonds. The fourth-order valence-electron chi connectivity index (χ4n) is 2.24. The Bertz CT molecular complexity index is 607. The second-order valence-corrected chi connectivity index (χ2v) is 5.73. The lowest BCUT2D eigenvalue weighted by atomic mass is 10.2. The Morgan fingerprint density at radius 3 is 2.59 bits per heavy atom. The van der Waals surface area contributed by atoms with Gasteiger partial charge in [0.05, 0.1) is 12.2 Å². The van der Waals surface area contributed by atoms with Crippen molar-refractivity contribution in [3.05, 3.63) is 16.6 Å². The molecule has 0 aliphatic carbocycles. The fraction of sp³-hybridized carbons (Fsp3) is 0.429. The molecule has 1 N–H and O–H groups in total. The highest BCUT2D eigenvalue weighted by Crippen LogP contribution is 2.38.